The van der Waals surface area contributed by atoms with Gasteiger partial charge >= 0.3 is 5.97 Å². The molecule has 1 aromatic rings. The highest BCUT2D eigenvalue weighted by Crippen LogP contribution is 2.22. The molecule has 0 amide bonds. The van der Waals surface area contributed by atoms with Crippen LogP contribution in [0.3, 0.4) is 0 Å². The molecule has 6 heteroatoms. The summed E-state index contributed by atoms with van der Waals surface area (Å²) in [5.74, 6) is 0.117. The van der Waals surface area contributed by atoms with Crippen molar-refractivity contribution in [2.75, 3.05) is 38.0 Å². The number of ether oxygens (including phenoxy) is 2. The summed E-state index contributed by atoms with van der Waals surface area (Å²) in [6.07, 6.45) is 1.53. The number of carbonyl (C=O) groups excluding carboxylic acids is 1. The third kappa shape index (κ3) is 3.82. The van der Waals surface area contributed by atoms with Crippen molar-refractivity contribution in [3.63, 3.8) is 0 Å². The molecule has 0 saturated carbocycles. The quantitative estimate of drug-likeness (QED) is 0.783. The van der Waals surface area contributed by atoms with Gasteiger partial charge in [0.15, 0.2) is 0 Å². The molecule has 1 heterocycles. The Balaban J connectivity index is 3.17. The van der Waals surface area contributed by atoms with Gasteiger partial charge < -0.3 is 20.1 Å². The lowest BCUT2D eigenvalue weighted by Gasteiger charge is -2.29. The lowest BCUT2D eigenvalue weighted by atomic mass is 10.2. The summed E-state index contributed by atoms with van der Waals surface area (Å²) in [5.41, 5.74) is 6.48. The Bertz CT molecular complexity index is 435. The average molecular weight is 267 g/mol. The van der Waals surface area contributed by atoms with Gasteiger partial charge in [0.05, 0.1) is 25.6 Å². The molecule has 0 atom stereocenters. The summed E-state index contributed by atoms with van der Waals surface area (Å²) in [7, 11) is 2.97. The maximum Gasteiger partial charge on any atom is 0.341 e. The summed E-state index contributed by atoms with van der Waals surface area (Å²) in [4.78, 5) is 18.1. The average Bonchev–Trinajstić information content (AvgIpc) is 2.39. The molecule has 0 aromatic carbocycles. The minimum atomic E-state index is -0.446. The number of nitrogen functional groups attached to an aromatic ring is 1. The monoisotopic (exact) mass is 267 g/mol. The molecule has 0 aliphatic rings. The Labute approximate surface area is 113 Å². The van der Waals surface area contributed by atoms with Crippen LogP contribution in [0.5, 0.6) is 0 Å². The third-order valence-corrected chi connectivity index (χ3v) is 2.72. The summed E-state index contributed by atoms with van der Waals surface area (Å²) >= 11 is 0. The van der Waals surface area contributed by atoms with Gasteiger partial charge in [-0.3, -0.25) is 0 Å². The van der Waals surface area contributed by atoms with Crippen LogP contribution in [0.1, 0.15) is 24.2 Å². The molecule has 0 aliphatic heterocycles. The van der Waals surface area contributed by atoms with Gasteiger partial charge in [-0.15, -0.1) is 0 Å². The number of nitrogens with two attached hydrogens (primary N) is 1. The molecule has 0 fully saturated rings. The smallest absolute Gasteiger partial charge is 0.341 e. The van der Waals surface area contributed by atoms with E-state index < -0.39 is 5.97 Å². The molecule has 0 spiro atoms. The number of carbonyl (C=O) groups is 1. The number of hydrogen-bond acceptors (Lipinski definition) is 6. The van der Waals surface area contributed by atoms with Crippen LogP contribution in [0.25, 0.3) is 0 Å². The van der Waals surface area contributed by atoms with Crippen LogP contribution in [0, 0.1) is 0 Å². The Hall–Kier alpha value is -1.82. The van der Waals surface area contributed by atoms with Crippen molar-refractivity contribution in [1.82, 2.24) is 4.98 Å². The van der Waals surface area contributed by atoms with Gasteiger partial charge in [0.2, 0.25) is 0 Å². The first kappa shape index (κ1) is 15.2. The van der Waals surface area contributed by atoms with E-state index in [2.05, 4.69) is 4.98 Å². The van der Waals surface area contributed by atoms with Gasteiger partial charge in [0.25, 0.3) is 0 Å². The van der Waals surface area contributed by atoms with E-state index in [4.69, 9.17) is 15.2 Å². The highest BCUT2D eigenvalue weighted by Gasteiger charge is 2.21. The van der Waals surface area contributed by atoms with Crippen molar-refractivity contribution in [3.8, 4) is 0 Å². The Morgan fingerprint density at radius 2 is 2.16 bits per heavy atom. The van der Waals surface area contributed by atoms with Crippen LogP contribution in [-0.4, -0.2) is 44.4 Å². The van der Waals surface area contributed by atoms with Gasteiger partial charge in [-0.1, -0.05) is 0 Å². The predicted octanol–water partition coefficient (Wildman–Crippen LogP) is 1.31. The van der Waals surface area contributed by atoms with E-state index in [1.807, 2.05) is 18.7 Å². The molecule has 0 radical (unpaired) electrons. The van der Waals surface area contributed by atoms with Crippen LogP contribution in [0.4, 0.5) is 11.5 Å². The van der Waals surface area contributed by atoms with Crippen molar-refractivity contribution in [2.45, 2.75) is 19.9 Å². The molecule has 0 aliphatic carbocycles. The Morgan fingerprint density at radius 1 is 1.47 bits per heavy atom. The minimum Gasteiger partial charge on any atom is -0.465 e. The zero-order valence-corrected chi connectivity index (χ0v) is 11.8. The van der Waals surface area contributed by atoms with Crippen molar-refractivity contribution < 1.29 is 14.3 Å². The fourth-order valence-electron chi connectivity index (χ4n) is 1.76. The van der Waals surface area contributed by atoms with Crippen molar-refractivity contribution in [2.24, 2.45) is 0 Å². The molecule has 6 nitrogen and oxygen atoms in total. The maximum atomic E-state index is 11.8. The number of anilines is 2. The van der Waals surface area contributed by atoms with Crippen LogP contribution in [0.15, 0.2) is 12.3 Å². The summed E-state index contributed by atoms with van der Waals surface area (Å²) in [6, 6.07) is 1.76. The van der Waals surface area contributed by atoms with Crippen LogP contribution < -0.4 is 10.6 Å². The van der Waals surface area contributed by atoms with Crippen LogP contribution in [-0.2, 0) is 9.47 Å². The number of pyridine rings is 1. The third-order valence-electron chi connectivity index (χ3n) is 2.72. The fourth-order valence-corrected chi connectivity index (χ4v) is 1.76. The van der Waals surface area contributed by atoms with Gasteiger partial charge in [-0.05, 0) is 19.9 Å². The normalized spacial score (nSPS) is 10.6. The number of methoxy groups -OCH3 is 2. The molecule has 0 saturated heterocycles. The molecular formula is C13H21N3O3. The molecule has 19 heavy (non-hydrogen) atoms. The number of hydrogen-bond donors (Lipinski definition) is 1. The maximum absolute atomic E-state index is 11.8. The highest BCUT2D eigenvalue weighted by molar-refractivity contribution is 5.95. The second-order valence-corrected chi connectivity index (χ2v) is 4.41. The zero-order chi connectivity index (χ0) is 14.4. The molecule has 1 aromatic heterocycles. The predicted molar refractivity (Wildman–Crippen MR) is 74.3 cm³/mol. The van der Waals surface area contributed by atoms with Gasteiger partial charge in [0.1, 0.15) is 11.4 Å². The molecular weight excluding hydrogens is 246 g/mol. The van der Waals surface area contributed by atoms with Crippen LogP contribution >= 0.6 is 0 Å². The standard InChI is InChI=1S/C13H21N3O3/c1-9(2)16(5-6-18-3)12-11(13(17)19-4)7-10(14)8-15-12/h7-9H,5-6,14H2,1-4H3. The number of aromatic nitrogens is 1. The summed E-state index contributed by atoms with van der Waals surface area (Å²) < 4.78 is 9.86. The first-order valence-electron chi connectivity index (χ1n) is 6.10. The van der Waals surface area contributed by atoms with Gasteiger partial charge in [-0.2, -0.15) is 0 Å². The zero-order valence-electron chi connectivity index (χ0n) is 11.8. The van der Waals surface area contributed by atoms with Crippen molar-refractivity contribution >= 4 is 17.5 Å². The van der Waals surface area contributed by atoms with E-state index >= 15 is 0 Å². The Kier molecular flexibility index (Phi) is 5.57. The van der Waals surface area contributed by atoms with Crippen molar-refractivity contribution in [1.29, 1.82) is 0 Å². The Morgan fingerprint density at radius 3 is 2.68 bits per heavy atom. The second kappa shape index (κ2) is 6.94. The summed E-state index contributed by atoms with van der Waals surface area (Å²) in [5, 5.41) is 0. The first-order valence-corrected chi connectivity index (χ1v) is 6.10. The van der Waals surface area contributed by atoms with E-state index in [-0.39, 0.29) is 6.04 Å². The number of esters is 1. The van der Waals surface area contributed by atoms with E-state index in [0.717, 1.165) is 0 Å². The van der Waals surface area contributed by atoms with Gasteiger partial charge in [-0.25, -0.2) is 9.78 Å². The molecule has 0 bridgehead atoms. The van der Waals surface area contributed by atoms with Crippen molar-refractivity contribution in [3.05, 3.63) is 17.8 Å². The SMILES string of the molecule is COCCN(c1ncc(N)cc1C(=O)OC)C(C)C. The summed E-state index contributed by atoms with van der Waals surface area (Å²) in [6.45, 7) is 5.23. The number of rotatable bonds is 6. The minimum absolute atomic E-state index is 0.176. The second-order valence-electron chi connectivity index (χ2n) is 4.41. The van der Waals surface area contributed by atoms with E-state index in [1.54, 1.807) is 13.2 Å². The van der Waals surface area contributed by atoms with E-state index in [1.165, 1.54) is 13.3 Å². The number of nitrogens with zero attached hydrogens (tertiary/aromatic N) is 2. The van der Waals surface area contributed by atoms with Gasteiger partial charge in [0, 0.05) is 19.7 Å². The van der Waals surface area contributed by atoms with E-state index in [0.29, 0.717) is 30.2 Å². The van der Waals surface area contributed by atoms with E-state index in [9.17, 15) is 4.79 Å². The molecule has 106 valence electrons. The lowest BCUT2D eigenvalue weighted by molar-refractivity contribution is 0.0601. The van der Waals surface area contributed by atoms with Crippen LogP contribution in [0.2, 0.25) is 0 Å². The first-order chi connectivity index (χ1) is 9.01. The highest BCUT2D eigenvalue weighted by atomic mass is 16.5. The fraction of sp³-hybridized carbons (Fsp3) is 0.538. The molecule has 2 N–H and O–H groups in total. The molecule has 0 unspecified atom stereocenters. The topological polar surface area (TPSA) is 77.7 Å². The molecule has 1 rings (SSSR count). The lowest BCUT2D eigenvalue weighted by Crippen LogP contribution is -2.35. The largest absolute Gasteiger partial charge is 0.465 e.